The zero-order valence-corrected chi connectivity index (χ0v) is 11.6. The van der Waals surface area contributed by atoms with Crippen LogP contribution in [0.15, 0.2) is 24.3 Å². The average molecular weight is 260 g/mol. The van der Waals surface area contributed by atoms with Gasteiger partial charge in [0.1, 0.15) is 12.0 Å². The molecule has 3 N–H and O–H groups in total. The van der Waals surface area contributed by atoms with Crippen molar-refractivity contribution in [3.63, 3.8) is 0 Å². The minimum absolute atomic E-state index is 0.165. The zero-order chi connectivity index (χ0) is 13.2. The maximum Gasteiger partial charge on any atom is 0.150 e. The lowest BCUT2D eigenvalue weighted by Gasteiger charge is -2.30. The Morgan fingerprint density at radius 1 is 1.26 bits per heavy atom. The third-order valence-corrected chi connectivity index (χ3v) is 4.51. The van der Waals surface area contributed by atoms with Crippen molar-refractivity contribution >= 4 is 0 Å². The van der Waals surface area contributed by atoms with Gasteiger partial charge in [-0.15, -0.1) is 0 Å². The van der Waals surface area contributed by atoms with Gasteiger partial charge in [-0.1, -0.05) is 19.1 Å². The molecule has 1 aromatic carbocycles. The smallest absolute Gasteiger partial charge is 0.150 e. The van der Waals surface area contributed by atoms with Gasteiger partial charge in [-0.25, -0.2) is 0 Å². The number of nitrogens with one attached hydrogen (secondary N) is 1. The first-order valence-electron chi connectivity index (χ1n) is 7.51. The molecule has 3 rings (SSSR count). The van der Waals surface area contributed by atoms with Crippen molar-refractivity contribution in [1.29, 1.82) is 0 Å². The van der Waals surface area contributed by atoms with Crippen molar-refractivity contribution in [3.05, 3.63) is 29.8 Å². The summed E-state index contributed by atoms with van der Waals surface area (Å²) in [6, 6.07) is 8.90. The standard InChI is InChI=1S/C16H24N2O/c1-2-11-3-6-13(7-4-11)19-16-8-5-12(10-18-16)14-9-15(14)17/h3-4,6-7,12,14-16,18H,2,5,8-10,17H2,1H3/t12?,14-,15+,16?/m0/s1. The first-order chi connectivity index (χ1) is 9.26. The minimum Gasteiger partial charge on any atom is -0.475 e. The second-order valence-electron chi connectivity index (χ2n) is 5.91. The van der Waals surface area contributed by atoms with Crippen molar-refractivity contribution < 1.29 is 4.74 Å². The minimum atomic E-state index is 0.165. The highest BCUT2D eigenvalue weighted by atomic mass is 16.5. The van der Waals surface area contributed by atoms with Crippen molar-refractivity contribution in [2.45, 2.75) is 44.9 Å². The molecule has 0 spiro atoms. The van der Waals surface area contributed by atoms with E-state index in [1.54, 1.807) is 0 Å². The molecule has 0 bridgehead atoms. The van der Waals surface area contributed by atoms with Gasteiger partial charge in [-0.2, -0.15) is 0 Å². The lowest BCUT2D eigenvalue weighted by atomic mass is 9.93. The fourth-order valence-corrected chi connectivity index (χ4v) is 3.06. The quantitative estimate of drug-likeness (QED) is 0.873. The Hall–Kier alpha value is -1.06. The maximum atomic E-state index is 5.99. The number of aryl methyl sites for hydroxylation is 1. The fraction of sp³-hybridized carbons (Fsp3) is 0.625. The van der Waals surface area contributed by atoms with Gasteiger partial charge in [0, 0.05) is 12.6 Å². The van der Waals surface area contributed by atoms with E-state index < -0.39 is 0 Å². The van der Waals surface area contributed by atoms with Gasteiger partial charge in [0.05, 0.1) is 0 Å². The van der Waals surface area contributed by atoms with E-state index in [9.17, 15) is 0 Å². The van der Waals surface area contributed by atoms with E-state index in [1.165, 1.54) is 18.4 Å². The summed E-state index contributed by atoms with van der Waals surface area (Å²) in [5.41, 5.74) is 7.28. The Balaban J connectivity index is 1.48. The van der Waals surface area contributed by atoms with Crippen LogP contribution in [-0.4, -0.2) is 18.8 Å². The lowest BCUT2D eigenvalue weighted by molar-refractivity contribution is 0.105. The van der Waals surface area contributed by atoms with Crippen LogP contribution in [0.3, 0.4) is 0 Å². The molecule has 1 aromatic rings. The summed E-state index contributed by atoms with van der Waals surface area (Å²) in [6.45, 7) is 3.22. The van der Waals surface area contributed by atoms with Crippen LogP contribution in [0.25, 0.3) is 0 Å². The van der Waals surface area contributed by atoms with E-state index in [4.69, 9.17) is 10.5 Å². The summed E-state index contributed by atoms with van der Waals surface area (Å²) < 4.78 is 5.99. The Labute approximate surface area is 115 Å². The molecule has 4 atom stereocenters. The van der Waals surface area contributed by atoms with Crippen LogP contribution in [0, 0.1) is 11.8 Å². The second kappa shape index (κ2) is 5.51. The second-order valence-corrected chi connectivity index (χ2v) is 5.91. The summed E-state index contributed by atoms with van der Waals surface area (Å²) in [5.74, 6) is 2.49. The number of rotatable bonds is 4. The van der Waals surface area contributed by atoms with Crippen LogP contribution in [-0.2, 0) is 6.42 Å². The summed E-state index contributed by atoms with van der Waals surface area (Å²) >= 11 is 0. The largest absolute Gasteiger partial charge is 0.475 e. The van der Waals surface area contributed by atoms with E-state index in [0.717, 1.165) is 37.0 Å². The molecular formula is C16H24N2O. The molecule has 3 nitrogen and oxygen atoms in total. The molecule has 2 aliphatic rings. The maximum absolute atomic E-state index is 5.99. The number of hydrogen-bond donors (Lipinski definition) is 2. The van der Waals surface area contributed by atoms with Crippen molar-refractivity contribution in [2.24, 2.45) is 17.6 Å². The fourth-order valence-electron chi connectivity index (χ4n) is 3.06. The highest BCUT2D eigenvalue weighted by Crippen LogP contribution is 2.39. The molecule has 2 fully saturated rings. The average Bonchev–Trinajstić information content (AvgIpc) is 3.18. The highest BCUT2D eigenvalue weighted by molar-refractivity contribution is 5.27. The topological polar surface area (TPSA) is 47.3 Å². The molecule has 0 aromatic heterocycles. The van der Waals surface area contributed by atoms with Crippen LogP contribution in [0.5, 0.6) is 5.75 Å². The van der Waals surface area contributed by atoms with E-state index in [-0.39, 0.29) is 6.23 Å². The molecule has 19 heavy (non-hydrogen) atoms. The summed E-state index contributed by atoms with van der Waals surface area (Å²) in [5, 5.41) is 3.51. The molecule has 104 valence electrons. The monoisotopic (exact) mass is 260 g/mol. The van der Waals surface area contributed by atoms with Gasteiger partial charge < -0.3 is 10.5 Å². The van der Waals surface area contributed by atoms with Crippen LogP contribution in [0.1, 0.15) is 31.7 Å². The predicted octanol–water partition coefficient (Wildman–Crippen LogP) is 2.30. The van der Waals surface area contributed by atoms with Crippen LogP contribution < -0.4 is 15.8 Å². The summed E-state index contributed by atoms with van der Waals surface area (Å²) in [6.07, 6.45) is 4.78. The summed E-state index contributed by atoms with van der Waals surface area (Å²) in [4.78, 5) is 0. The third kappa shape index (κ3) is 3.10. The Morgan fingerprint density at radius 3 is 2.53 bits per heavy atom. The molecular weight excluding hydrogens is 236 g/mol. The van der Waals surface area contributed by atoms with Gasteiger partial charge in [0.15, 0.2) is 0 Å². The Bertz CT molecular complexity index is 409. The van der Waals surface area contributed by atoms with Gasteiger partial charge in [-0.05, 0) is 55.2 Å². The van der Waals surface area contributed by atoms with Gasteiger partial charge in [0.25, 0.3) is 0 Å². The molecule has 2 unspecified atom stereocenters. The van der Waals surface area contributed by atoms with E-state index >= 15 is 0 Å². The third-order valence-electron chi connectivity index (χ3n) is 4.51. The van der Waals surface area contributed by atoms with Gasteiger partial charge >= 0.3 is 0 Å². The first-order valence-corrected chi connectivity index (χ1v) is 7.51. The van der Waals surface area contributed by atoms with Crippen molar-refractivity contribution in [1.82, 2.24) is 5.32 Å². The van der Waals surface area contributed by atoms with Crippen LogP contribution in [0.2, 0.25) is 0 Å². The van der Waals surface area contributed by atoms with Gasteiger partial charge in [0.2, 0.25) is 0 Å². The molecule has 1 saturated carbocycles. The molecule has 1 aliphatic heterocycles. The van der Waals surface area contributed by atoms with Crippen LogP contribution in [0.4, 0.5) is 0 Å². The molecule has 3 heteroatoms. The lowest BCUT2D eigenvalue weighted by Crippen LogP contribution is -2.43. The number of nitrogens with two attached hydrogens (primary N) is 1. The molecule has 0 amide bonds. The first kappa shape index (κ1) is 12.9. The zero-order valence-electron chi connectivity index (χ0n) is 11.6. The number of piperidine rings is 1. The number of ether oxygens (including phenoxy) is 1. The SMILES string of the molecule is CCc1ccc(OC2CCC([C@@H]3C[C@H]3N)CN2)cc1. The molecule has 1 aliphatic carbocycles. The van der Waals surface area contributed by atoms with Crippen molar-refractivity contribution in [3.8, 4) is 5.75 Å². The number of benzene rings is 1. The van der Waals surface area contributed by atoms with Crippen molar-refractivity contribution in [2.75, 3.05) is 6.54 Å². The Morgan fingerprint density at radius 2 is 2.00 bits per heavy atom. The van der Waals surface area contributed by atoms with E-state index in [2.05, 4.69) is 36.5 Å². The van der Waals surface area contributed by atoms with Gasteiger partial charge in [-0.3, -0.25) is 5.32 Å². The van der Waals surface area contributed by atoms with E-state index in [1.807, 2.05) is 0 Å². The normalized spacial score (nSPS) is 34.0. The summed E-state index contributed by atoms with van der Waals surface area (Å²) in [7, 11) is 0. The Kier molecular flexibility index (Phi) is 3.76. The predicted molar refractivity (Wildman–Crippen MR) is 77.0 cm³/mol. The van der Waals surface area contributed by atoms with Crippen LogP contribution >= 0.6 is 0 Å². The molecule has 0 radical (unpaired) electrons. The highest BCUT2D eigenvalue weighted by Gasteiger charge is 2.41. The molecule has 1 saturated heterocycles. The molecule has 1 heterocycles. The number of hydrogen-bond acceptors (Lipinski definition) is 3. The van der Waals surface area contributed by atoms with E-state index in [0.29, 0.717) is 6.04 Å².